The number of benzene rings is 2. The van der Waals surface area contributed by atoms with Crippen LogP contribution < -0.4 is 9.46 Å². The summed E-state index contributed by atoms with van der Waals surface area (Å²) in [4.78, 5) is 4.51. The zero-order chi connectivity index (χ0) is 15.6. The SMILES string of the molecule is CCOc1ccc2nc(NS(=O)(=O)c3ccccc3)sc2c1. The average molecular weight is 334 g/mol. The van der Waals surface area contributed by atoms with Gasteiger partial charge in [0.1, 0.15) is 5.75 Å². The van der Waals surface area contributed by atoms with Crippen LogP contribution in [0.15, 0.2) is 53.4 Å². The molecule has 0 fully saturated rings. The van der Waals surface area contributed by atoms with Crippen molar-refractivity contribution in [1.29, 1.82) is 0 Å². The first-order valence-electron chi connectivity index (χ1n) is 6.70. The first-order chi connectivity index (χ1) is 10.6. The largest absolute Gasteiger partial charge is 0.494 e. The van der Waals surface area contributed by atoms with Gasteiger partial charge in [-0.05, 0) is 37.3 Å². The lowest BCUT2D eigenvalue weighted by Crippen LogP contribution is -2.12. The number of anilines is 1. The Balaban J connectivity index is 1.91. The Morgan fingerprint density at radius 3 is 2.68 bits per heavy atom. The minimum absolute atomic E-state index is 0.212. The zero-order valence-corrected chi connectivity index (χ0v) is 13.4. The van der Waals surface area contributed by atoms with E-state index in [4.69, 9.17) is 4.74 Å². The van der Waals surface area contributed by atoms with Crippen LogP contribution >= 0.6 is 11.3 Å². The number of aromatic nitrogens is 1. The number of thiazole rings is 1. The van der Waals surface area contributed by atoms with Crippen LogP contribution in [0.3, 0.4) is 0 Å². The van der Waals surface area contributed by atoms with Crippen molar-refractivity contribution in [3.63, 3.8) is 0 Å². The molecule has 0 radical (unpaired) electrons. The molecule has 0 aliphatic carbocycles. The normalized spacial score (nSPS) is 11.5. The Kier molecular flexibility index (Phi) is 4.00. The van der Waals surface area contributed by atoms with Crippen LogP contribution in [-0.4, -0.2) is 20.0 Å². The highest BCUT2D eigenvalue weighted by Gasteiger charge is 2.16. The van der Waals surface area contributed by atoms with Gasteiger partial charge >= 0.3 is 0 Å². The Morgan fingerprint density at radius 2 is 1.95 bits per heavy atom. The maximum absolute atomic E-state index is 12.3. The number of rotatable bonds is 5. The summed E-state index contributed by atoms with van der Waals surface area (Å²) >= 11 is 1.28. The summed E-state index contributed by atoms with van der Waals surface area (Å²) in [6.07, 6.45) is 0. The lowest BCUT2D eigenvalue weighted by molar-refractivity contribution is 0.341. The van der Waals surface area contributed by atoms with Crippen LogP contribution in [0.1, 0.15) is 6.92 Å². The van der Waals surface area contributed by atoms with Crippen molar-refractivity contribution in [3.05, 3.63) is 48.5 Å². The maximum Gasteiger partial charge on any atom is 0.263 e. The topological polar surface area (TPSA) is 68.3 Å². The van der Waals surface area contributed by atoms with Crippen molar-refractivity contribution in [2.45, 2.75) is 11.8 Å². The molecular weight excluding hydrogens is 320 g/mol. The van der Waals surface area contributed by atoms with Crippen molar-refractivity contribution in [1.82, 2.24) is 4.98 Å². The van der Waals surface area contributed by atoms with Gasteiger partial charge < -0.3 is 4.74 Å². The highest BCUT2D eigenvalue weighted by molar-refractivity contribution is 7.93. The van der Waals surface area contributed by atoms with Crippen LogP contribution in [0.2, 0.25) is 0 Å². The molecule has 0 aliphatic rings. The molecule has 7 heteroatoms. The van der Waals surface area contributed by atoms with Crippen molar-refractivity contribution < 1.29 is 13.2 Å². The molecule has 1 N–H and O–H groups in total. The third-order valence-corrected chi connectivity index (χ3v) is 5.36. The molecule has 1 aromatic heterocycles. The Bertz CT molecular complexity index is 890. The van der Waals surface area contributed by atoms with Gasteiger partial charge in [0.25, 0.3) is 10.0 Å². The standard InChI is InChI=1S/C15H14N2O3S2/c1-2-20-11-8-9-13-14(10-11)21-15(16-13)17-22(18,19)12-6-4-3-5-7-12/h3-10H,2H2,1H3,(H,16,17). The first-order valence-corrected chi connectivity index (χ1v) is 9.00. The Hall–Kier alpha value is -2.12. The number of nitrogens with zero attached hydrogens (tertiary/aromatic N) is 1. The van der Waals surface area contributed by atoms with Gasteiger partial charge in [-0.15, -0.1) is 0 Å². The van der Waals surface area contributed by atoms with Gasteiger partial charge in [-0.1, -0.05) is 29.5 Å². The van der Waals surface area contributed by atoms with Crippen molar-refractivity contribution in [2.24, 2.45) is 0 Å². The third kappa shape index (κ3) is 3.05. The summed E-state index contributed by atoms with van der Waals surface area (Å²) in [6.45, 7) is 2.49. The molecule has 0 saturated heterocycles. The van der Waals surface area contributed by atoms with Crippen molar-refractivity contribution in [2.75, 3.05) is 11.3 Å². The van der Waals surface area contributed by atoms with E-state index >= 15 is 0 Å². The van der Waals surface area contributed by atoms with Crippen LogP contribution in [0.5, 0.6) is 5.75 Å². The molecule has 22 heavy (non-hydrogen) atoms. The summed E-state index contributed by atoms with van der Waals surface area (Å²) < 4.78 is 33.4. The molecule has 5 nitrogen and oxygen atoms in total. The van der Waals surface area contributed by atoms with Gasteiger partial charge in [0.15, 0.2) is 5.13 Å². The molecule has 0 saturated carbocycles. The van der Waals surface area contributed by atoms with Gasteiger partial charge in [0, 0.05) is 0 Å². The van der Waals surface area contributed by atoms with E-state index in [1.54, 1.807) is 30.3 Å². The summed E-state index contributed by atoms with van der Waals surface area (Å²) in [7, 11) is -3.61. The second-order valence-corrected chi connectivity index (χ2v) is 7.21. The fraction of sp³-hybridized carbons (Fsp3) is 0.133. The van der Waals surface area contributed by atoms with E-state index in [1.165, 1.54) is 11.3 Å². The van der Waals surface area contributed by atoms with Crippen molar-refractivity contribution >= 4 is 36.7 Å². The van der Waals surface area contributed by atoms with Crippen LogP contribution in [-0.2, 0) is 10.0 Å². The van der Waals surface area contributed by atoms with E-state index in [2.05, 4.69) is 9.71 Å². The smallest absolute Gasteiger partial charge is 0.263 e. The molecule has 114 valence electrons. The number of fused-ring (bicyclic) bond motifs is 1. The summed E-state index contributed by atoms with van der Waals surface area (Å²) in [5, 5.41) is 0.340. The van der Waals surface area contributed by atoms with E-state index in [1.807, 2.05) is 25.1 Å². The molecular formula is C15H14N2O3S2. The summed E-state index contributed by atoms with van der Waals surface area (Å²) in [6, 6.07) is 13.7. The third-order valence-electron chi connectivity index (χ3n) is 2.95. The van der Waals surface area contributed by atoms with E-state index in [9.17, 15) is 8.42 Å². The molecule has 1 heterocycles. The Morgan fingerprint density at radius 1 is 1.18 bits per heavy atom. The quantitative estimate of drug-likeness (QED) is 0.775. The Labute approximate surface area is 132 Å². The van der Waals surface area contributed by atoms with Crippen LogP contribution in [0.25, 0.3) is 10.2 Å². The number of nitrogens with one attached hydrogen (secondary N) is 1. The molecule has 0 aliphatic heterocycles. The highest BCUT2D eigenvalue weighted by Crippen LogP contribution is 2.30. The second-order valence-electron chi connectivity index (χ2n) is 4.50. The maximum atomic E-state index is 12.3. The van der Waals surface area contributed by atoms with Crippen LogP contribution in [0.4, 0.5) is 5.13 Å². The molecule has 0 bridgehead atoms. The molecule has 3 aromatic rings. The number of hydrogen-bond donors (Lipinski definition) is 1. The molecule has 0 atom stereocenters. The second kappa shape index (κ2) is 5.94. The minimum atomic E-state index is -3.61. The van der Waals surface area contributed by atoms with E-state index in [0.717, 1.165) is 16.0 Å². The molecule has 0 spiro atoms. The molecule has 3 rings (SSSR count). The van der Waals surface area contributed by atoms with E-state index in [0.29, 0.717) is 11.7 Å². The van der Waals surface area contributed by atoms with Gasteiger partial charge in [-0.3, -0.25) is 4.72 Å². The van der Waals surface area contributed by atoms with Gasteiger partial charge in [0.05, 0.1) is 21.7 Å². The number of ether oxygens (including phenoxy) is 1. The van der Waals surface area contributed by atoms with Gasteiger partial charge in [-0.25, -0.2) is 13.4 Å². The van der Waals surface area contributed by atoms with Gasteiger partial charge in [-0.2, -0.15) is 0 Å². The molecule has 2 aromatic carbocycles. The van der Waals surface area contributed by atoms with E-state index in [-0.39, 0.29) is 4.90 Å². The van der Waals surface area contributed by atoms with Crippen molar-refractivity contribution in [3.8, 4) is 5.75 Å². The predicted molar refractivity (Wildman–Crippen MR) is 88.0 cm³/mol. The fourth-order valence-electron chi connectivity index (χ4n) is 1.98. The summed E-state index contributed by atoms with van der Waals surface area (Å²) in [5.41, 5.74) is 0.735. The lowest BCUT2D eigenvalue weighted by atomic mass is 10.3. The fourth-order valence-corrected chi connectivity index (χ4v) is 4.13. The lowest BCUT2D eigenvalue weighted by Gasteiger charge is -2.03. The average Bonchev–Trinajstić information content (AvgIpc) is 2.89. The minimum Gasteiger partial charge on any atom is -0.494 e. The highest BCUT2D eigenvalue weighted by atomic mass is 32.2. The zero-order valence-electron chi connectivity index (χ0n) is 11.8. The first kappa shape index (κ1) is 14.8. The van der Waals surface area contributed by atoms with E-state index < -0.39 is 10.0 Å². The van der Waals surface area contributed by atoms with Crippen LogP contribution in [0, 0.1) is 0 Å². The monoisotopic (exact) mass is 334 g/mol. The number of hydrogen-bond acceptors (Lipinski definition) is 5. The predicted octanol–water partition coefficient (Wildman–Crippen LogP) is 3.50. The van der Waals surface area contributed by atoms with Gasteiger partial charge in [0.2, 0.25) is 0 Å². The summed E-state index contributed by atoms with van der Waals surface area (Å²) in [5.74, 6) is 0.746. The molecule has 0 amide bonds. The number of sulfonamides is 1. The molecule has 0 unspecified atom stereocenters.